The van der Waals surface area contributed by atoms with Gasteiger partial charge in [-0.1, -0.05) is 55.1 Å². The fourth-order valence-electron chi connectivity index (χ4n) is 2.40. The summed E-state index contributed by atoms with van der Waals surface area (Å²) in [5, 5.41) is 1.11. The van der Waals surface area contributed by atoms with Crippen molar-refractivity contribution in [1.82, 2.24) is 9.55 Å². The SMILES string of the molecule is CCSc1nc2ccccc2n1Cc1ccccc1C. The Morgan fingerprint density at radius 1 is 1.05 bits per heavy atom. The van der Waals surface area contributed by atoms with Crippen LogP contribution in [0.15, 0.2) is 53.7 Å². The summed E-state index contributed by atoms with van der Waals surface area (Å²) >= 11 is 1.80. The van der Waals surface area contributed by atoms with Crippen LogP contribution in [0.5, 0.6) is 0 Å². The van der Waals surface area contributed by atoms with Gasteiger partial charge in [0.2, 0.25) is 0 Å². The highest BCUT2D eigenvalue weighted by Crippen LogP contribution is 2.25. The van der Waals surface area contributed by atoms with Crippen molar-refractivity contribution in [3.63, 3.8) is 0 Å². The molecule has 0 radical (unpaired) electrons. The second-order valence-corrected chi connectivity index (χ2v) is 6.06. The second kappa shape index (κ2) is 5.71. The van der Waals surface area contributed by atoms with Crippen LogP contribution < -0.4 is 0 Å². The third-order valence-electron chi connectivity index (χ3n) is 3.48. The first-order valence-corrected chi connectivity index (χ1v) is 7.90. The minimum absolute atomic E-state index is 0.884. The van der Waals surface area contributed by atoms with Gasteiger partial charge in [0.15, 0.2) is 5.16 Å². The lowest BCUT2D eigenvalue weighted by Gasteiger charge is -2.10. The molecule has 1 heterocycles. The molecule has 0 amide bonds. The van der Waals surface area contributed by atoms with Crippen molar-refractivity contribution in [2.24, 2.45) is 0 Å². The van der Waals surface area contributed by atoms with Crippen molar-refractivity contribution in [3.8, 4) is 0 Å². The molecule has 1 aromatic heterocycles. The molecule has 20 heavy (non-hydrogen) atoms. The van der Waals surface area contributed by atoms with E-state index in [9.17, 15) is 0 Å². The third-order valence-corrected chi connectivity index (χ3v) is 4.34. The lowest BCUT2D eigenvalue weighted by molar-refractivity contribution is 0.728. The van der Waals surface area contributed by atoms with Crippen LogP contribution in [0.3, 0.4) is 0 Å². The highest BCUT2D eigenvalue weighted by molar-refractivity contribution is 7.99. The van der Waals surface area contributed by atoms with Crippen molar-refractivity contribution in [2.45, 2.75) is 25.5 Å². The van der Waals surface area contributed by atoms with Crippen molar-refractivity contribution in [2.75, 3.05) is 5.75 Å². The minimum atomic E-state index is 0.884. The molecule has 3 rings (SSSR count). The number of hydrogen-bond acceptors (Lipinski definition) is 2. The molecule has 2 nitrogen and oxygen atoms in total. The minimum Gasteiger partial charge on any atom is -0.314 e. The summed E-state index contributed by atoms with van der Waals surface area (Å²) in [6, 6.07) is 16.9. The van der Waals surface area contributed by atoms with E-state index in [1.165, 1.54) is 16.6 Å². The number of aryl methyl sites for hydroxylation is 1. The zero-order valence-electron chi connectivity index (χ0n) is 11.8. The summed E-state index contributed by atoms with van der Waals surface area (Å²) in [6.45, 7) is 5.22. The third kappa shape index (κ3) is 2.46. The lowest BCUT2D eigenvalue weighted by atomic mass is 10.1. The Balaban J connectivity index is 2.09. The first kappa shape index (κ1) is 13.3. The predicted molar refractivity (Wildman–Crippen MR) is 86.4 cm³/mol. The van der Waals surface area contributed by atoms with Crippen LogP contribution in [0, 0.1) is 6.92 Å². The molecule has 0 saturated carbocycles. The summed E-state index contributed by atoms with van der Waals surface area (Å²) in [6.07, 6.45) is 0. The number of imidazole rings is 1. The zero-order chi connectivity index (χ0) is 13.9. The normalized spacial score (nSPS) is 11.1. The Labute approximate surface area is 123 Å². The maximum Gasteiger partial charge on any atom is 0.169 e. The van der Waals surface area contributed by atoms with E-state index in [1.54, 1.807) is 11.8 Å². The average Bonchev–Trinajstić information content (AvgIpc) is 2.80. The van der Waals surface area contributed by atoms with Crippen LogP contribution in [0.25, 0.3) is 11.0 Å². The quantitative estimate of drug-likeness (QED) is 0.655. The fourth-order valence-corrected chi connectivity index (χ4v) is 3.14. The monoisotopic (exact) mass is 282 g/mol. The van der Waals surface area contributed by atoms with Gasteiger partial charge in [-0.2, -0.15) is 0 Å². The zero-order valence-corrected chi connectivity index (χ0v) is 12.7. The Kier molecular flexibility index (Phi) is 3.79. The largest absolute Gasteiger partial charge is 0.314 e. The summed E-state index contributed by atoms with van der Waals surface area (Å²) < 4.78 is 2.33. The number of aromatic nitrogens is 2. The molecular weight excluding hydrogens is 264 g/mol. The van der Waals surface area contributed by atoms with E-state index in [0.29, 0.717) is 0 Å². The molecule has 0 spiro atoms. The highest BCUT2D eigenvalue weighted by atomic mass is 32.2. The Bertz CT molecular complexity index is 731. The summed E-state index contributed by atoms with van der Waals surface area (Å²) in [4.78, 5) is 4.75. The van der Waals surface area contributed by atoms with Gasteiger partial charge in [-0.25, -0.2) is 4.98 Å². The van der Waals surface area contributed by atoms with Crippen molar-refractivity contribution < 1.29 is 0 Å². The number of rotatable bonds is 4. The van der Waals surface area contributed by atoms with Crippen LogP contribution in [-0.4, -0.2) is 15.3 Å². The van der Waals surface area contributed by atoms with Gasteiger partial charge in [0.25, 0.3) is 0 Å². The van der Waals surface area contributed by atoms with E-state index < -0.39 is 0 Å². The molecule has 0 N–H and O–H groups in total. The molecule has 0 atom stereocenters. The first-order valence-electron chi connectivity index (χ1n) is 6.92. The standard InChI is InChI=1S/C17H18N2S/c1-3-20-17-18-15-10-6-7-11-16(15)19(17)12-14-9-5-4-8-13(14)2/h4-11H,3,12H2,1-2H3. The Hall–Kier alpha value is -1.74. The van der Waals surface area contributed by atoms with E-state index in [4.69, 9.17) is 4.98 Å². The molecule has 0 fully saturated rings. The molecule has 0 aliphatic heterocycles. The summed E-state index contributed by atoms with van der Waals surface area (Å²) in [5.41, 5.74) is 4.98. The van der Waals surface area contributed by atoms with Gasteiger partial charge >= 0.3 is 0 Å². The maximum absolute atomic E-state index is 4.75. The molecule has 0 aliphatic rings. The molecule has 0 unspecified atom stereocenters. The van der Waals surface area contributed by atoms with Crippen LogP contribution in [0.1, 0.15) is 18.1 Å². The summed E-state index contributed by atoms with van der Waals surface area (Å²) in [5.74, 6) is 1.04. The number of benzene rings is 2. The van der Waals surface area contributed by atoms with Gasteiger partial charge in [-0.15, -0.1) is 0 Å². The van der Waals surface area contributed by atoms with Crippen molar-refractivity contribution in [1.29, 1.82) is 0 Å². The number of fused-ring (bicyclic) bond motifs is 1. The lowest BCUT2D eigenvalue weighted by Crippen LogP contribution is -2.03. The second-order valence-electron chi connectivity index (χ2n) is 4.83. The van der Waals surface area contributed by atoms with Gasteiger partial charge in [0, 0.05) is 0 Å². The van der Waals surface area contributed by atoms with Crippen LogP contribution in [-0.2, 0) is 6.54 Å². The highest BCUT2D eigenvalue weighted by Gasteiger charge is 2.11. The number of thioether (sulfide) groups is 1. The van der Waals surface area contributed by atoms with E-state index in [0.717, 1.165) is 23.0 Å². The van der Waals surface area contributed by atoms with Gasteiger partial charge in [0.05, 0.1) is 17.6 Å². The van der Waals surface area contributed by atoms with Gasteiger partial charge in [-0.05, 0) is 35.9 Å². The van der Waals surface area contributed by atoms with Crippen LogP contribution in [0.2, 0.25) is 0 Å². The molecule has 2 aromatic carbocycles. The molecule has 0 aliphatic carbocycles. The fraction of sp³-hybridized carbons (Fsp3) is 0.235. The predicted octanol–water partition coefficient (Wildman–Crippen LogP) is 4.51. The van der Waals surface area contributed by atoms with Crippen molar-refractivity contribution in [3.05, 3.63) is 59.7 Å². The molecular formula is C17H18N2S. The van der Waals surface area contributed by atoms with Gasteiger partial charge in [-0.3, -0.25) is 0 Å². The van der Waals surface area contributed by atoms with E-state index in [-0.39, 0.29) is 0 Å². The molecule has 0 bridgehead atoms. The van der Waals surface area contributed by atoms with E-state index in [1.807, 2.05) is 6.07 Å². The maximum atomic E-state index is 4.75. The molecule has 3 heteroatoms. The Morgan fingerprint density at radius 2 is 1.80 bits per heavy atom. The smallest absolute Gasteiger partial charge is 0.169 e. The van der Waals surface area contributed by atoms with E-state index in [2.05, 4.69) is 60.9 Å². The van der Waals surface area contributed by atoms with Gasteiger partial charge < -0.3 is 4.57 Å². The summed E-state index contributed by atoms with van der Waals surface area (Å²) in [7, 11) is 0. The van der Waals surface area contributed by atoms with Crippen LogP contribution in [0.4, 0.5) is 0 Å². The number of para-hydroxylation sites is 2. The molecule has 3 aromatic rings. The number of nitrogens with zero attached hydrogens (tertiary/aromatic N) is 2. The number of hydrogen-bond donors (Lipinski definition) is 0. The first-order chi connectivity index (χ1) is 9.79. The average molecular weight is 282 g/mol. The molecule has 102 valence electrons. The van der Waals surface area contributed by atoms with Gasteiger partial charge in [0.1, 0.15) is 0 Å². The van der Waals surface area contributed by atoms with Crippen molar-refractivity contribution >= 4 is 22.8 Å². The Morgan fingerprint density at radius 3 is 2.60 bits per heavy atom. The van der Waals surface area contributed by atoms with E-state index >= 15 is 0 Å². The van der Waals surface area contributed by atoms with Crippen LogP contribution >= 0.6 is 11.8 Å². The molecule has 0 saturated heterocycles. The topological polar surface area (TPSA) is 17.8 Å².